The summed E-state index contributed by atoms with van der Waals surface area (Å²) in [5.41, 5.74) is 1.34. The molecule has 1 aliphatic heterocycles. The molecule has 2 saturated carbocycles. The zero-order valence-corrected chi connectivity index (χ0v) is 24.8. The maximum absolute atomic E-state index is 14.8. The molecule has 7 rings (SSSR count). The maximum atomic E-state index is 14.8. The topological polar surface area (TPSA) is 111 Å². The van der Waals surface area contributed by atoms with E-state index in [1.54, 1.807) is 15.5 Å². The first-order valence-electron chi connectivity index (χ1n) is 14.2. The highest BCUT2D eigenvalue weighted by Crippen LogP contribution is 2.67. The van der Waals surface area contributed by atoms with Gasteiger partial charge in [0.15, 0.2) is 0 Å². The molecule has 3 aromatic rings. The summed E-state index contributed by atoms with van der Waals surface area (Å²) in [6.45, 7) is 6.35. The molecule has 0 unspecified atom stereocenters. The Morgan fingerprint density at radius 3 is 2.61 bits per heavy atom. The van der Waals surface area contributed by atoms with Crippen molar-refractivity contribution in [1.29, 1.82) is 0 Å². The zero-order valence-electron chi connectivity index (χ0n) is 23.2. The number of hydrogen-bond donors (Lipinski definition) is 1. The van der Waals surface area contributed by atoms with Crippen LogP contribution in [0.5, 0.6) is 0 Å². The number of nitrogens with zero attached hydrogens (tertiary/aromatic N) is 5. The van der Waals surface area contributed by atoms with Crippen molar-refractivity contribution in [2.75, 3.05) is 18.4 Å². The number of likely N-dealkylation sites (tertiary alicyclic amines) is 1. The largest absolute Gasteiger partial charge is 0.444 e. The van der Waals surface area contributed by atoms with E-state index in [4.69, 9.17) is 4.74 Å². The van der Waals surface area contributed by atoms with Gasteiger partial charge >= 0.3 is 6.09 Å². The summed E-state index contributed by atoms with van der Waals surface area (Å²) >= 11 is 3.29. The molecule has 1 spiro atoms. The number of benzene rings is 1. The highest BCUT2D eigenvalue weighted by Gasteiger charge is 2.64. The van der Waals surface area contributed by atoms with Crippen molar-refractivity contribution in [3.8, 4) is 0 Å². The molecule has 3 heterocycles. The fourth-order valence-corrected chi connectivity index (χ4v) is 7.34. The lowest BCUT2D eigenvalue weighted by atomic mass is 9.71. The fourth-order valence-electron chi connectivity index (χ4n) is 7.02. The van der Waals surface area contributed by atoms with E-state index in [-0.39, 0.29) is 46.2 Å². The maximum Gasteiger partial charge on any atom is 0.410 e. The Morgan fingerprint density at radius 1 is 1.22 bits per heavy atom. The summed E-state index contributed by atoms with van der Waals surface area (Å²) < 4.78 is 23.7. The third kappa shape index (κ3) is 4.45. The van der Waals surface area contributed by atoms with Gasteiger partial charge in [-0.3, -0.25) is 9.59 Å². The van der Waals surface area contributed by atoms with Crippen LogP contribution >= 0.6 is 15.9 Å². The first-order valence-corrected chi connectivity index (χ1v) is 15.0. The summed E-state index contributed by atoms with van der Waals surface area (Å²) in [6.07, 6.45) is 3.94. The van der Waals surface area contributed by atoms with Crippen LogP contribution in [0, 0.1) is 11.7 Å². The van der Waals surface area contributed by atoms with Gasteiger partial charge in [-0.1, -0.05) is 6.07 Å². The minimum absolute atomic E-state index is 0.119. The number of anilines is 1. The molecule has 216 valence electrons. The van der Waals surface area contributed by atoms with E-state index in [0.717, 1.165) is 30.5 Å². The summed E-state index contributed by atoms with van der Waals surface area (Å²) in [6, 6.07) is 4.98. The first-order chi connectivity index (χ1) is 19.4. The Morgan fingerprint density at radius 2 is 1.95 bits per heavy atom. The van der Waals surface area contributed by atoms with E-state index < -0.39 is 22.7 Å². The molecular weight excluding hydrogens is 595 g/mol. The normalized spacial score (nSPS) is 22.5. The number of carbonyl (C=O) groups is 2. The van der Waals surface area contributed by atoms with Gasteiger partial charge < -0.3 is 19.5 Å². The number of ether oxygens (including phenoxy) is 1. The van der Waals surface area contributed by atoms with Gasteiger partial charge in [-0.15, -0.1) is 5.10 Å². The van der Waals surface area contributed by atoms with Crippen LogP contribution in [-0.4, -0.2) is 54.8 Å². The number of fused-ring (bicyclic) bond motifs is 6. The van der Waals surface area contributed by atoms with Crippen LogP contribution < -0.4 is 10.9 Å². The van der Waals surface area contributed by atoms with Gasteiger partial charge in [0, 0.05) is 35.7 Å². The van der Waals surface area contributed by atoms with Crippen LogP contribution in [0.15, 0.2) is 27.7 Å². The van der Waals surface area contributed by atoms with Crippen LogP contribution in [-0.2, 0) is 21.5 Å². The summed E-state index contributed by atoms with van der Waals surface area (Å²) in [4.78, 5) is 46.1. The Labute approximate surface area is 244 Å². The number of piperidine rings is 1. The van der Waals surface area contributed by atoms with Crippen LogP contribution in [0.25, 0.3) is 5.78 Å². The van der Waals surface area contributed by atoms with Crippen LogP contribution in [0.1, 0.15) is 81.5 Å². The molecule has 2 amide bonds. The average molecular weight is 628 g/mol. The lowest BCUT2D eigenvalue weighted by Gasteiger charge is -2.41. The second-order valence-electron chi connectivity index (χ2n) is 12.9. The summed E-state index contributed by atoms with van der Waals surface area (Å²) in [7, 11) is 0. The second kappa shape index (κ2) is 9.11. The minimum atomic E-state index is -0.587. The number of nitrogens with one attached hydrogen (secondary N) is 1. The second-order valence-corrected chi connectivity index (χ2v) is 13.6. The number of halogens is 2. The van der Waals surface area contributed by atoms with Crippen molar-refractivity contribution in [1.82, 2.24) is 24.1 Å². The molecule has 1 saturated heterocycles. The van der Waals surface area contributed by atoms with Gasteiger partial charge in [0.1, 0.15) is 18.0 Å². The van der Waals surface area contributed by atoms with E-state index in [0.29, 0.717) is 37.4 Å². The molecule has 10 nitrogen and oxygen atoms in total. The van der Waals surface area contributed by atoms with Gasteiger partial charge in [-0.05, 0) is 98.3 Å². The molecule has 3 fully saturated rings. The van der Waals surface area contributed by atoms with Gasteiger partial charge in [0.05, 0.1) is 5.69 Å². The molecule has 0 bridgehead atoms. The van der Waals surface area contributed by atoms with Gasteiger partial charge in [0.25, 0.3) is 5.56 Å². The van der Waals surface area contributed by atoms with Gasteiger partial charge in [-0.25, -0.2) is 9.18 Å². The molecule has 4 aliphatic rings. The fraction of sp³-hybridized carbons (Fsp3) is 0.552. The Hall–Kier alpha value is -3.28. The summed E-state index contributed by atoms with van der Waals surface area (Å²) in [5.74, 6) is 0.188. The van der Waals surface area contributed by atoms with E-state index in [1.807, 2.05) is 26.8 Å². The number of hydrogen-bond acceptors (Lipinski definition) is 6. The zero-order chi connectivity index (χ0) is 28.8. The van der Waals surface area contributed by atoms with Crippen molar-refractivity contribution >= 4 is 39.4 Å². The smallest absolute Gasteiger partial charge is 0.410 e. The molecule has 41 heavy (non-hydrogen) atoms. The lowest BCUT2D eigenvalue weighted by molar-refractivity contribution is -0.116. The summed E-state index contributed by atoms with van der Waals surface area (Å²) in [5, 5.41) is 7.02. The highest BCUT2D eigenvalue weighted by atomic mass is 79.9. The van der Waals surface area contributed by atoms with Gasteiger partial charge in [0.2, 0.25) is 16.4 Å². The number of carbonyl (C=O) groups excluding carboxylic acids is 2. The molecule has 2 atom stereocenters. The van der Waals surface area contributed by atoms with Crippen molar-refractivity contribution < 1.29 is 18.7 Å². The Balaban J connectivity index is 1.21. The Bertz CT molecular complexity index is 1660. The van der Waals surface area contributed by atoms with Crippen LogP contribution in [0.2, 0.25) is 0 Å². The van der Waals surface area contributed by atoms with Crippen LogP contribution in [0.3, 0.4) is 0 Å². The molecule has 1 aromatic carbocycles. The van der Waals surface area contributed by atoms with Gasteiger partial charge in [-0.2, -0.15) is 9.50 Å². The predicted molar refractivity (Wildman–Crippen MR) is 152 cm³/mol. The first kappa shape index (κ1) is 26.6. The monoisotopic (exact) mass is 626 g/mol. The van der Waals surface area contributed by atoms with E-state index >= 15 is 0 Å². The van der Waals surface area contributed by atoms with E-state index in [9.17, 15) is 18.8 Å². The molecule has 3 aliphatic carbocycles. The molecular formula is C29H32BrFN6O4. The molecule has 0 radical (unpaired) electrons. The quantitative estimate of drug-likeness (QED) is 0.450. The molecule has 12 heteroatoms. The van der Waals surface area contributed by atoms with Crippen molar-refractivity contribution in [2.24, 2.45) is 5.92 Å². The van der Waals surface area contributed by atoms with Crippen molar-refractivity contribution in [3.05, 3.63) is 55.9 Å². The van der Waals surface area contributed by atoms with Crippen molar-refractivity contribution in [3.63, 3.8) is 0 Å². The number of rotatable bonds is 4. The average Bonchev–Trinajstić information content (AvgIpc) is 3.82. The Kier molecular flexibility index (Phi) is 5.91. The van der Waals surface area contributed by atoms with Crippen molar-refractivity contribution in [2.45, 2.75) is 82.3 Å². The number of amides is 2. The lowest BCUT2D eigenvalue weighted by Crippen LogP contribution is -2.49. The van der Waals surface area contributed by atoms with Crippen LogP contribution in [0.4, 0.5) is 14.9 Å². The molecule has 1 N–H and O–H groups in total. The van der Waals surface area contributed by atoms with E-state index in [2.05, 4.69) is 31.3 Å². The SMILES string of the molecule is CC(C)(C)OC(=O)N1CCC2(CC1)c1c(n(CC(=O)Nc3ccc(C4CC4)cc3F)c3nc(Br)nn3c1=O)[C@H]1C[C@H]12. The highest BCUT2D eigenvalue weighted by molar-refractivity contribution is 9.10. The third-order valence-corrected chi connectivity index (χ3v) is 9.37. The minimum Gasteiger partial charge on any atom is -0.444 e. The number of aromatic nitrogens is 4. The molecule has 2 aromatic heterocycles. The standard InChI is InChI=1S/C29H32BrFN6O4/c1-28(2,3)41-27(40)35-10-8-29(9-11-35)18-13-17(18)23-22(29)24(39)37-26(33-25(30)34-37)36(23)14-21(38)32-20-7-6-16(12-19(20)31)15-4-5-15/h6-7,12,15,17-18H,4-5,8-11,13-14H2,1-3H3,(H,32,38)/t17-,18+/m0/s1. The van der Waals surface area contributed by atoms with E-state index in [1.165, 1.54) is 10.6 Å². The predicted octanol–water partition coefficient (Wildman–Crippen LogP) is 4.69. The third-order valence-electron chi connectivity index (χ3n) is 9.03.